The number of hydrogen-bond donors (Lipinski definition) is 1. The number of nitrogens with two attached hydrogens (primary N) is 1. The molecule has 3 fully saturated rings. The van der Waals surface area contributed by atoms with Crippen molar-refractivity contribution >= 4 is 0 Å². The Labute approximate surface area is 116 Å². The van der Waals surface area contributed by atoms with Gasteiger partial charge in [0.25, 0.3) is 0 Å². The van der Waals surface area contributed by atoms with Crippen LogP contribution in [0.15, 0.2) is 24.0 Å². The van der Waals surface area contributed by atoms with Crippen LogP contribution in [-0.4, -0.2) is 41.5 Å². The molecule has 0 aromatic carbocycles. The Morgan fingerprint density at radius 2 is 2.11 bits per heavy atom. The average Bonchev–Trinajstić information content (AvgIpc) is 3.14. The summed E-state index contributed by atoms with van der Waals surface area (Å²) >= 11 is 0. The quantitative estimate of drug-likeness (QED) is 0.822. The van der Waals surface area contributed by atoms with Gasteiger partial charge in [0.15, 0.2) is 0 Å². The van der Waals surface area contributed by atoms with Gasteiger partial charge in [-0.05, 0) is 49.7 Å². The standard InChI is InChI=1S/C16H25N3/c17-14-3-6-19(11-14)15-4-7-18(8-5-15)16-10-12-1-2-13(16)9-12/h4-5,7,12-14,16H,1-3,6,8-11,17H2/t12?,13?,14-,16?/m1/s1. The molecule has 0 radical (unpaired) electrons. The van der Waals surface area contributed by atoms with Crippen LogP contribution in [0.25, 0.3) is 0 Å². The second-order valence-corrected chi connectivity index (χ2v) is 6.88. The molecule has 3 heteroatoms. The summed E-state index contributed by atoms with van der Waals surface area (Å²) in [6, 6.07) is 1.20. The van der Waals surface area contributed by atoms with Gasteiger partial charge in [-0.25, -0.2) is 0 Å². The van der Waals surface area contributed by atoms with Crippen LogP contribution in [0.3, 0.4) is 0 Å². The van der Waals surface area contributed by atoms with Gasteiger partial charge in [0, 0.05) is 43.6 Å². The largest absolute Gasteiger partial charge is 0.370 e. The second kappa shape index (κ2) is 4.55. The molecule has 4 aliphatic rings. The molecular formula is C16H25N3. The molecule has 0 spiro atoms. The van der Waals surface area contributed by atoms with Crippen LogP contribution in [0.4, 0.5) is 0 Å². The Kier molecular flexibility index (Phi) is 2.83. The molecule has 2 heterocycles. The van der Waals surface area contributed by atoms with Crippen LogP contribution in [0.2, 0.25) is 0 Å². The Balaban J connectivity index is 1.39. The lowest BCUT2D eigenvalue weighted by Gasteiger charge is -2.36. The molecule has 19 heavy (non-hydrogen) atoms. The normalized spacial score (nSPS) is 41.2. The third-order valence-electron chi connectivity index (χ3n) is 5.66. The van der Waals surface area contributed by atoms with E-state index in [1.54, 1.807) is 0 Å². The summed E-state index contributed by atoms with van der Waals surface area (Å²) in [7, 11) is 0. The number of hydrogen-bond acceptors (Lipinski definition) is 3. The topological polar surface area (TPSA) is 32.5 Å². The third-order valence-corrected chi connectivity index (χ3v) is 5.66. The van der Waals surface area contributed by atoms with Gasteiger partial charge in [-0.15, -0.1) is 0 Å². The van der Waals surface area contributed by atoms with Crippen LogP contribution in [0.1, 0.15) is 32.1 Å². The van der Waals surface area contributed by atoms with Gasteiger partial charge in [-0.1, -0.05) is 6.42 Å². The van der Waals surface area contributed by atoms with Gasteiger partial charge in [0.1, 0.15) is 0 Å². The SMILES string of the molecule is N[C@@H]1CCN(C2=CCN(C3CC4CCC3C4)C=C2)C1. The fourth-order valence-corrected chi connectivity index (χ4v) is 4.62. The molecule has 2 aliphatic heterocycles. The molecule has 2 N–H and O–H groups in total. The lowest BCUT2D eigenvalue weighted by atomic mass is 9.94. The summed E-state index contributed by atoms with van der Waals surface area (Å²) in [5.41, 5.74) is 7.39. The molecule has 2 saturated carbocycles. The first-order valence-corrected chi connectivity index (χ1v) is 7.94. The second-order valence-electron chi connectivity index (χ2n) is 6.88. The van der Waals surface area contributed by atoms with Crippen molar-refractivity contribution in [1.82, 2.24) is 9.80 Å². The first kappa shape index (κ1) is 11.8. The molecule has 2 bridgehead atoms. The summed E-state index contributed by atoms with van der Waals surface area (Å²) in [6.45, 7) is 3.27. The fraction of sp³-hybridized carbons (Fsp3) is 0.750. The van der Waals surface area contributed by atoms with Crippen LogP contribution < -0.4 is 5.73 Å². The van der Waals surface area contributed by atoms with Gasteiger partial charge in [0.05, 0.1) is 0 Å². The van der Waals surface area contributed by atoms with Crippen molar-refractivity contribution in [2.45, 2.75) is 44.2 Å². The number of allylic oxidation sites excluding steroid dienone is 1. The van der Waals surface area contributed by atoms with Gasteiger partial charge in [0.2, 0.25) is 0 Å². The smallest absolute Gasteiger partial charge is 0.0380 e. The van der Waals surface area contributed by atoms with Crippen molar-refractivity contribution in [3.05, 3.63) is 24.0 Å². The van der Waals surface area contributed by atoms with E-state index < -0.39 is 0 Å². The number of likely N-dealkylation sites (tertiary alicyclic amines) is 1. The van der Waals surface area contributed by atoms with Crippen molar-refractivity contribution in [1.29, 1.82) is 0 Å². The van der Waals surface area contributed by atoms with Gasteiger partial charge >= 0.3 is 0 Å². The third kappa shape index (κ3) is 2.08. The van der Waals surface area contributed by atoms with Gasteiger partial charge < -0.3 is 15.5 Å². The first-order chi connectivity index (χ1) is 9.29. The van der Waals surface area contributed by atoms with Crippen LogP contribution >= 0.6 is 0 Å². The van der Waals surface area contributed by atoms with E-state index in [1.807, 2.05) is 0 Å². The molecule has 3 nitrogen and oxygen atoms in total. The lowest BCUT2D eigenvalue weighted by molar-refractivity contribution is 0.213. The zero-order valence-electron chi connectivity index (χ0n) is 11.7. The summed E-state index contributed by atoms with van der Waals surface area (Å²) in [5, 5.41) is 0. The Bertz CT molecular complexity index is 414. The van der Waals surface area contributed by atoms with Crippen LogP contribution in [0.5, 0.6) is 0 Å². The highest BCUT2D eigenvalue weighted by atomic mass is 15.2. The number of nitrogens with zero attached hydrogens (tertiary/aromatic N) is 2. The molecule has 2 aliphatic carbocycles. The predicted molar refractivity (Wildman–Crippen MR) is 77.3 cm³/mol. The van der Waals surface area contributed by atoms with E-state index in [0.717, 1.165) is 43.9 Å². The molecule has 0 amide bonds. The highest BCUT2D eigenvalue weighted by molar-refractivity contribution is 5.23. The maximum absolute atomic E-state index is 6.00. The van der Waals surface area contributed by atoms with Crippen molar-refractivity contribution < 1.29 is 0 Å². The highest BCUT2D eigenvalue weighted by Gasteiger charge is 2.41. The van der Waals surface area contributed by atoms with E-state index in [9.17, 15) is 0 Å². The summed E-state index contributed by atoms with van der Waals surface area (Å²) in [5.74, 6) is 2.01. The molecule has 0 aromatic rings. The van der Waals surface area contributed by atoms with Crippen molar-refractivity contribution in [3.63, 3.8) is 0 Å². The maximum atomic E-state index is 6.00. The maximum Gasteiger partial charge on any atom is 0.0380 e. The van der Waals surface area contributed by atoms with Gasteiger partial charge in [-0.3, -0.25) is 0 Å². The Morgan fingerprint density at radius 1 is 1.16 bits per heavy atom. The molecular weight excluding hydrogens is 234 g/mol. The minimum atomic E-state index is 0.373. The average molecular weight is 259 g/mol. The molecule has 0 aromatic heterocycles. The van der Waals surface area contributed by atoms with E-state index in [0.29, 0.717) is 6.04 Å². The predicted octanol–water partition coefficient (Wildman–Crippen LogP) is 1.92. The monoisotopic (exact) mass is 259 g/mol. The van der Waals surface area contributed by atoms with Crippen LogP contribution in [0, 0.1) is 11.8 Å². The molecule has 4 rings (SSSR count). The zero-order valence-corrected chi connectivity index (χ0v) is 11.7. The van der Waals surface area contributed by atoms with Gasteiger partial charge in [-0.2, -0.15) is 0 Å². The van der Waals surface area contributed by atoms with E-state index in [4.69, 9.17) is 5.73 Å². The summed E-state index contributed by atoms with van der Waals surface area (Å²) < 4.78 is 0. The Morgan fingerprint density at radius 3 is 2.68 bits per heavy atom. The molecule has 4 atom stereocenters. The van der Waals surface area contributed by atoms with E-state index in [1.165, 1.54) is 31.4 Å². The lowest BCUT2D eigenvalue weighted by Crippen LogP contribution is -2.37. The van der Waals surface area contributed by atoms with Crippen LogP contribution in [-0.2, 0) is 0 Å². The molecule has 3 unspecified atom stereocenters. The van der Waals surface area contributed by atoms with Crippen molar-refractivity contribution in [2.24, 2.45) is 17.6 Å². The fourth-order valence-electron chi connectivity index (χ4n) is 4.62. The minimum absolute atomic E-state index is 0.373. The zero-order chi connectivity index (χ0) is 12.8. The van der Waals surface area contributed by atoms with E-state index in [-0.39, 0.29) is 0 Å². The van der Waals surface area contributed by atoms with E-state index >= 15 is 0 Å². The molecule has 104 valence electrons. The van der Waals surface area contributed by atoms with Crippen molar-refractivity contribution in [3.8, 4) is 0 Å². The first-order valence-electron chi connectivity index (χ1n) is 7.94. The number of rotatable bonds is 2. The highest BCUT2D eigenvalue weighted by Crippen LogP contribution is 2.47. The summed E-state index contributed by atoms with van der Waals surface area (Å²) in [6.07, 6.45) is 14.1. The molecule has 1 saturated heterocycles. The summed E-state index contributed by atoms with van der Waals surface area (Å²) in [4.78, 5) is 5.03. The van der Waals surface area contributed by atoms with E-state index in [2.05, 4.69) is 28.2 Å². The number of fused-ring (bicyclic) bond motifs is 2. The Hall–Kier alpha value is -0.960. The van der Waals surface area contributed by atoms with Crippen molar-refractivity contribution in [2.75, 3.05) is 19.6 Å². The minimum Gasteiger partial charge on any atom is -0.370 e.